The first kappa shape index (κ1) is 47.5. The zero-order valence-corrected chi connectivity index (χ0v) is 39.4. The molecule has 5 aliphatic rings. The number of carbonyl (C=O) groups is 3. The van der Waals surface area contributed by atoms with Gasteiger partial charge in [-0.05, 0) is 39.3 Å². The number of aliphatic hydroxyl groups excluding tert-OH is 2. The lowest BCUT2D eigenvalue weighted by molar-refractivity contribution is -0.160. The van der Waals surface area contributed by atoms with Gasteiger partial charge in [0, 0.05) is 105 Å². The number of aromatic hydroxyl groups is 3. The first-order valence-electron chi connectivity index (χ1n) is 23.0. The van der Waals surface area contributed by atoms with Crippen LogP contribution >= 0.6 is 0 Å². The summed E-state index contributed by atoms with van der Waals surface area (Å²) in [6.07, 6.45) is 5.86. The molecule has 17 nitrogen and oxygen atoms in total. The molecule has 10 atom stereocenters. The number of nitrogens with zero attached hydrogens (tertiary/aromatic N) is 2. The normalized spacial score (nSPS) is 31.8. The van der Waals surface area contributed by atoms with Crippen LogP contribution < -0.4 is 25.0 Å². The van der Waals surface area contributed by atoms with E-state index in [1.165, 1.54) is 46.3 Å². The van der Waals surface area contributed by atoms with E-state index < -0.39 is 83.0 Å². The lowest BCUT2D eigenvalue weighted by Crippen LogP contribution is -2.50. The average molecular weight is 927 g/mol. The Morgan fingerprint density at radius 1 is 0.881 bits per heavy atom. The molecule has 4 bridgehead atoms. The summed E-state index contributed by atoms with van der Waals surface area (Å²) in [6, 6.07) is 3.80. The van der Waals surface area contributed by atoms with Gasteiger partial charge in [0.2, 0.25) is 0 Å². The molecule has 3 aromatic rings. The number of amides is 1. The molecule has 0 aliphatic carbocycles. The van der Waals surface area contributed by atoms with Crippen molar-refractivity contribution in [3.63, 3.8) is 0 Å². The number of nitrogens with one attached hydrogen (secondary N) is 2. The first-order valence-corrected chi connectivity index (χ1v) is 23.0. The molecule has 3 aromatic carbocycles. The third-order valence-corrected chi connectivity index (χ3v) is 14.5. The molecule has 0 saturated carbocycles. The van der Waals surface area contributed by atoms with E-state index in [-0.39, 0.29) is 67.5 Å². The second-order valence-corrected chi connectivity index (χ2v) is 18.9. The molecule has 0 radical (unpaired) electrons. The molecular weight excluding hydrogens is 865 g/mol. The van der Waals surface area contributed by atoms with E-state index in [2.05, 4.69) is 20.4 Å². The van der Waals surface area contributed by atoms with Gasteiger partial charge in [-0.15, -0.1) is 0 Å². The molecule has 0 spiro atoms. The molecule has 5 aliphatic heterocycles. The molecule has 0 aromatic heterocycles. The number of hydrogen-bond acceptors (Lipinski definition) is 16. The van der Waals surface area contributed by atoms with Gasteiger partial charge < -0.3 is 64.8 Å². The molecule has 17 heteroatoms. The van der Waals surface area contributed by atoms with Crippen molar-refractivity contribution in [2.24, 2.45) is 23.7 Å². The van der Waals surface area contributed by atoms with Crippen LogP contribution in [0.4, 0.5) is 22.7 Å². The molecule has 2 fully saturated rings. The molecule has 1 unspecified atom stereocenters. The SMILES string of the molecule is CO[C@H]1/C=C/O[C@@]2(C)Oc3c(C)c(O)c4c(O)c(c5c(c4c3C2=O)Nc2c(O)cc(N3CCN4CCCC4C3)cc2O5)NC(=O)/C(C)=C\C=C\[C@H](C)[C@H](O)[C@@H](C)[C@@H](O)[C@@H](C)[C@H](OC(C)=O)[C@@H]1C. The predicted octanol–water partition coefficient (Wildman–Crippen LogP) is 6.89. The van der Waals surface area contributed by atoms with Crippen LogP contribution in [0.15, 0.2) is 48.3 Å². The third kappa shape index (κ3) is 8.40. The van der Waals surface area contributed by atoms with Crippen molar-refractivity contribution in [1.82, 2.24) is 4.90 Å². The number of carbonyl (C=O) groups excluding carboxylic acids is 3. The van der Waals surface area contributed by atoms with E-state index in [1.54, 1.807) is 58.9 Å². The number of ether oxygens (including phenoxy) is 5. The second kappa shape index (κ2) is 18.2. The second-order valence-electron chi connectivity index (χ2n) is 18.9. The van der Waals surface area contributed by atoms with Gasteiger partial charge in [0.15, 0.2) is 17.2 Å². The van der Waals surface area contributed by atoms with Gasteiger partial charge in [0.1, 0.15) is 34.7 Å². The summed E-state index contributed by atoms with van der Waals surface area (Å²) in [4.78, 5) is 46.0. The molecule has 1 amide bonds. The highest BCUT2D eigenvalue weighted by molar-refractivity contribution is 6.25. The zero-order chi connectivity index (χ0) is 48.4. The van der Waals surface area contributed by atoms with Crippen LogP contribution in [0, 0.1) is 30.6 Å². The summed E-state index contributed by atoms with van der Waals surface area (Å²) >= 11 is 0. The average Bonchev–Trinajstić information content (AvgIpc) is 3.88. The van der Waals surface area contributed by atoms with Crippen LogP contribution in [0.1, 0.15) is 77.2 Å². The van der Waals surface area contributed by atoms with Crippen LogP contribution in [0.5, 0.6) is 34.5 Å². The molecule has 5 heterocycles. The molecular formula is C50H62N4O13. The van der Waals surface area contributed by atoms with Crippen molar-refractivity contribution in [2.75, 3.05) is 48.8 Å². The molecule has 360 valence electrons. The van der Waals surface area contributed by atoms with E-state index >= 15 is 0 Å². The quantitative estimate of drug-likeness (QED) is 0.0631. The maximum atomic E-state index is 14.9. The monoisotopic (exact) mass is 926 g/mol. The fourth-order valence-corrected chi connectivity index (χ4v) is 10.4. The number of Topliss-reactive ketones (excluding diaryl/α,β-unsaturated/α-hetero) is 1. The number of benzene rings is 3. The number of ketones is 1. The molecule has 2 saturated heterocycles. The topological polar surface area (TPSA) is 229 Å². The Bertz CT molecular complexity index is 2590. The van der Waals surface area contributed by atoms with Crippen LogP contribution in [0.2, 0.25) is 0 Å². The lowest BCUT2D eigenvalue weighted by Gasteiger charge is -2.39. The van der Waals surface area contributed by atoms with Crippen molar-refractivity contribution in [1.29, 1.82) is 0 Å². The van der Waals surface area contributed by atoms with Gasteiger partial charge in [-0.3, -0.25) is 19.3 Å². The summed E-state index contributed by atoms with van der Waals surface area (Å²) in [7, 11) is 1.45. The van der Waals surface area contributed by atoms with Gasteiger partial charge in [-0.2, -0.15) is 0 Å². The lowest BCUT2D eigenvalue weighted by atomic mass is 9.78. The Balaban J connectivity index is 1.27. The number of phenols is 3. The Morgan fingerprint density at radius 2 is 1.63 bits per heavy atom. The highest BCUT2D eigenvalue weighted by atomic mass is 16.7. The van der Waals surface area contributed by atoms with E-state index in [0.717, 1.165) is 39.0 Å². The predicted molar refractivity (Wildman–Crippen MR) is 250 cm³/mol. The Labute approximate surface area is 389 Å². The van der Waals surface area contributed by atoms with Crippen molar-refractivity contribution < 1.29 is 63.6 Å². The van der Waals surface area contributed by atoms with Crippen molar-refractivity contribution >= 4 is 51.2 Å². The Hall–Kier alpha value is -6.01. The fraction of sp³-hybridized carbons (Fsp3) is 0.500. The summed E-state index contributed by atoms with van der Waals surface area (Å²) in [5, 5.41) is 64.7. The number of methoxy groups -OCH3 is 1. The highest BCUT2D eigenvalue weighted by Crippen LogP contribution is 2.61. The number of fused-ring (bicyclic) bond motifs is 3. The van der Waals surface area contributed by atoms with E-state index in [1.807, 2.05) is 0 Å². The number of hydrogen-bond donors (Lipinski definition) is 7. The minimum Gasteiger partial charge on any atom is -0.507 e. The van der Waals surface area contributed by atoms with E-state index in [0.29, 0.717) is 11.7 Å². The number of anilines is 4. The smallest absolute Gasteiger partial charge is 0.312 e. The maximum absolute atomic E-state index is 14.9. The van der Waals surface area contributed by atoms with Crippen LogP contribution in [-0.4, -0.2) is 118 Å². The number of rotatable bonds is 3. The third-order valence-electron chi connectivity index (χ3n) is 14.5. The standard InChI is InChI=1S/C50H62N4O13/c1-23-12-10-13-24(2)49(62)52-40-44(60)36-35(39-47(40)66-34-21-31(20-32(56)38(34)51-39)54-18-17-53-16-11-14-30(53)22-54)37-46(28(6)43(36)59)67-50(8,48(37)61)64-19-15-33(63-9)25(3)45(65-29(7)55)27(5)42(58)26(4)41(23)57/h10,12-13,15,19-21,23,25-27,30,33,41-42,45,51,56-60H,11,14,16-18,22H2,1-9H3,(H,52,62)/b12-10+,19-15+,24-13-/t23-,25+,26+,27+,30?,33-,41-,42+,45+,50-/m0/s1. The summed E-state index contributed by atoms with van der Waals surface area (Å²) in [6.45, 7) is 16.1. The fourth-order valence-electron chi connectivity index (χ4n) is 10.4. The van der Waals surface area contributed by atoms with E-state index in [4.69, 9.17) is 23.7 Å². The highest BCUT2D eigenvalue weighted by Gasteiger charge is 2.50. The van der Waals surface area contributed by atoms with Crippen molar-refractivity contribution in [2.45, 2.75) is 104 Å². The molecule has 8 rings (SSSR count). The van der Waals surface area contributed by atoms with Gasteiger partial charge in [0.25, 0.3) is 11.7 Å². The van der Waals surface area contributed by atoms with E-state index in [9.17, 15) is 39.9 Å². The number of piperazine rings is 1. The number of aliphatic hydroxyl groups is 2. The van der Waals surface area contributed by atoms with Gasteiger partial charge in [-0.25, -0.2) is 0 Å². The number of allylic oxidation sites excluding steroid dienone is 2. The minimum atomic E-state index is -2.04. The van der Waals surface area contributed by atoms with Crippen LogP contribution in [0.3, 0.4) is 0 Å². The largest absolute Gasteiger partial charge is 0.507 e. The molecule has 7 N–H and O–H groups in total. The summed E-state index contributed by atoms with van der Waals surface area (Å²) < 4.78 is 30.6. The van der Waals surface area contributed by atoms with Gasteiger partial charge >= 0.3 is 11.8 Å². The van der Waals surface area contributed by atoms with Crippen molar-refractivity contribution in [3.8, 4) is 34.5 Å². The Kier molecular flexibility index (Phi) is 12.9. The summed E-state index contributed by atoms with van der Waals surface area (Å²) in [5.74, 6) is -7.68. The molecule has 67 heavy (non-hydrogen) atoms. The van der Waals surface area contributed by atoms with Gasteiger partial charge in [-0.1, -0.05) is 45.9 Å². The Morgan fingerprint density at radius 3 is 2.34 bits per heavy atom. The summed E-state index contributed by atoms with van der Waals surface area (Å²) in [5.41, 5.74) is 0.865. The number of phenolic OH excluding ortho intramolecular Hbond substituents is 3. The maximum Gasteiger partial charge on any atom is 0.312 e. The van der Waals surface area contributed by atoms with Crippen LogP contribution in [-0.2, 0) is 23.8 Å². The minimum absolute atomic E-state index is 0.0250. The first-order chi connectivity index (χ1) is 31.8. The van der Waals surface area contributed by atoms with Gasteiger partial charge in [0.05, 0.1) is 41.2 Å². The van der Waals surface area contributed by atoms with Crippen molar-refractivity contribution in [3.05, 3.63) is 59.4 Å². The van der Waals surface area contributed by atoms with Crippen LogP contribution in [0.25, 0.3) is 10.8 Å². The number of esters is 1. The zero-order valence-electron chi connectivity index (χ0n) is 39.4.